The summed E-state index contributed by atoms with van der Waals surface area (Å²) < 4.78 is 5.27. The van der Waals surface area contributed by atoms with Crippen LogP contribution in [0.25, 0.3) is 0 Å². The molecule has 0 amide bonds. The lowest BCUT2D eigenvalue weighted by molar-refractivity contribution is -0.0467. The summed E-state index contributed by atoms with van der Waals surface area (Å²) in [5.74, 6) is -3.61. The molecule has 1 rings (SSSR count). The van der Waals surface area contributed by atoms with Crippen molar-refractivity contribution >= 4 is 17.9 Å². The molecule has 0 saturated heterocycles. The SMILES string of the molecule is CC(C)(O)CC(C)(C)OC(=O)c1cc(C(=O)O)ccc1C(=O)O. The number of aliphatic hydroxyl groups is 1. The van der Waals surface area contributed by atoms with E-state index >= 15 is 0 Å². The Balaban J connectivity index is 3.18. The van der Waals surface area contributed by atoms with Gasteiger partial charge in [0.1, 0.15) is 5.60 Å². The Morgan fingerprint density at radius 3 is 2.00 bits per heavy atom. The summed E-state index contributed by atoms with van der Waals surface area (Å²) >= 11 is 0. The van der Waals surface area contributed by atoms with E-state index in [1.807, 2.05) is 0 Å². The molecule has 0 atom stereocenters. The number of aromatic carboxylic acids is 2. The molecular weight excluding hydrogens is 304 g/mol. The summed E-state index contributed by atoms with van der Waals surface area (Å²) in [7, 11) is 0. The highest BCUT2D eigenvalue weighted by molar-refractivity contribution is 6.04. The first-order valence-electron chi connectivity index (χ1n) is 6.89. The van der Waals surface area contributed by atoms with Gasteiger partial charge >= 0.3 is 17.9 Å². The van der Waals surface area contributed by atoms with Crippen LogP contribution in [-0.4, -0.2) is 44.4 Å². The van der Waals surface area contributed by atoms with Crippen LogP contribution in [0.4, 0.5) is 0 Å². The number of hydrogen-bond donors (Lipinski definition) is 3. The zero-order valence-electron chi connectivity index (χ0n) is 13.4. The first-order chi connectivity index (χ1) is 10.3. The van der Waals surface area contributed by atoms with Gasteiger partial charge in [-0.15, -0.1) is 0 Å². The van der Waals surface area contributed by atoms with Gasteiger partial charge in [0.05, 0.1) is 22.3 Å². The molecule has 0 spiro atoms. The Labute approximate surface area is 133 Å². The number of benzene rings is 1. The Morgan fingerprint density at radius 1 is 1.00 bits per heavy atom. The predicted octanol–water partition coefficient (Wildman–Crippen LogP) is 2.18. The third-order valence-electron chi connectivity index (χ3n) is 2.94. The molecule has 126 valence electrons. The fourth-order valence-corrected chi connectivity index (χ4v) is 2.42. The minimum atomic E-state index is -1.37. The van der Waals surface area contributed by atoms with Gasteiger partial charge in [-0.25, -0.2) is 14.4 Å². The molecule has 0 bridgehead atoms. The Morgan fingerprint density at radius 2 is 1.57 bits per heavy atom. The van der Waals surface area contributed by atoms with Gasteiger partial charge < -0.3 is 20.1 Å². The number of carbonyl (C=O) groups is 3. The summed E-state index contributed by atoms with van der Waals surface area (Å²) in [4.78, 5) is 34.5. The van der Waals surface area contributed by atoms with E-state index in [2.05, 4.69) is 0 Å². The third kappa shape index (κ3) is 5.37. The van der Waals surface area contributed by atoms with Crippen molar-refractivity contribution in [3.8, 4) is 0 Å². The van der Waals surface area contributed by atoms with Gasteiger partial charge in [-0.05, 0) is 45.9 Å². The van der Waals surface area contributed by atoms with E-state index in [1.165, 1.54) is 0 Å². The van der Waals surface area contributed by atoms with E-state index in [4.69, 9.17) is 14.9 Å². The second-order valence-corrected chi connectivity index (χ2v) is 6.51. The predicted molar refractivity (Wildman–Crippen MR) is 80.8 cm³/mol. The largest absolute Gasteiger partial charge is 0.478 e. The fraction of sp³-hybridized carbons (Fsp3) is 0.438. The van der Waals surface area contributed by atoms with Crippen LogP contribution in [0.3, 0.4) is 0 Å². The Bertz CT molecular complexity index is 638. The maximum absolute atomic E-state index is 12.3. The van der Waals surface area contributed by atoms with E-state index in [-0.39, 0.29) is 23.1 Å². The molecule has 0 aliphatic carbocycles. The molecule has 23 heavy (non-hydrogen) atoms. The summed E-state index contributed by atoms with van der Waals surface area (Å²) in [6.07, 6.45) is 0.118. The maximum atomic E-state index is 12.3. The normalized spacial score (nSPS) is 11.9. The van der Waals surface area contributed by atoms with E-state index in [9.17, 15) is 19.5 Å². The van der Waals surface area contributed by atoms with Crippen LogP contribution in [0.15, 0.2) is 18.2 Å². The zero-order valence-corrected chi connectivity index (χ0v) is 13.4. The third-order valence-corrected chi connectivity index (χ3v) is 2.94. The van der Waals surface area contributed by atoms with Gasteiger partial charge in [0.25, 0.3) is 0 Å². The van der Waals surface area contributed by atoms with Gasteiger partial charge in [0.15, 0.2) is 0 Å². The molecule has 1 aromatic rings. The van der Waals surface area contributed by atoms with E-state index in [0.717, 1.165) is 18.2 Å². The topological polar surface area (TPSA) is 121 Å². The summed E-state index contributed by atoms with van der Waals surface area (Å²) in [5.41, 5.74) is -3.07. The minimum absolute atomic E-state index is 0.118. The quantitative estimate of drug-likeness (QED) is 0.686. The lowest BCUT2D eigenvalue weighted by Crippen LogP contribution is -2.37. The zero-order chi connectivity index (χ0) is 18.0. The number of carbonyl (C=O) groups excluding carboxylic acids is 1. The number of carboxylic acid groups (broad SMARTS) is 2. The summed E-state index contributed by atoms with van der Waals surface area (Å²) in [6.45, 7) is 6.25. The van der Waals surface area contributed by atoms with Gasteiger partial charge in [-0.3, -0.25) is 0 Å². The molecular formula is C16H20O7. The van der Waals surface area contributed by atoms with Crippen LogP contribution in [0.2, 0.25) is 0 Å². The molecule has 0 aromatic heterocycles. The number of rotatable bonds is 6. The van der Waals surface area contributed by atoms with Crippen molar-refractivity contribution < 1.29 is 34.4 Å². The average Bonchev–Trinajstić information content (AvgIpc) is 2.33. The molecule has 0 aliphatic rings. The molecule has 7 heteroatoms. The lowest BCUT2D eigenvalue weighted by atomic mass is 9.92. The second kappa shape index (κ2) is 6.37. The minimum Gasteiger partial charge on any atom is -0.478 e. The van der Waals surface area contributed by atoms with Crippen LogP contribution in [0, 0.1) is 0 Å². The lowest BCUT2D eigenvalue weighted by Gasteiger charge is -2.31. The van der Waals surface area contributed by atoms with Crippen LogP contribution in [0.5, 0.6) is 0 Å². The van der Waals surface area contributed by atoms with Crippen LogP contribution in [0.1, 0.15) is 65.2 Å². The number of esters is 1. The van der Waals surface area contributed by atoms with Crippen molar-refractivity contribution in [1.29, 1.82) is 0 Å². The van der Waals surface area contributed by atoms with E-state index in [1.54, 1.807) is 27.7 Å². The molecule has 0 fully saturated rings. The number of hydrogen-bond acceptors (Lipinski definition) is 5. The summed E-state index contributed by atoms with van der Waals surface area (Å²) in [5, 5.41) is 27.9. The monoisotopic (exact) mass is 324 g/mol. The second-order valence-electron chi connectivity index (χ2n) is 6.51. The highest BCUT2D eigenvalue weighted by Gasteiger charge is 2.32. The smallest absolute Gasteiger partial charge is 0.339 e. The molecule has 7 nitrogen and oxygen atoms in total. The first-order valence-corrected chi connectivity index (χ1v) is 6.89. The summed E-state index contributed by atoms with van der Waals surface area (Å²) in [6, 6.07) is 3.12. The van der Waals surface area contributed by atoms with Crippen LogP contribution < -0.4 is 0 Å². The van der Waals surface area contributed by atoms with E-state index < -0.39 is 29.1 Å². The standard InChI is InChI=1S/C16H20O7/c1-15(2,22)8-16(3,4)23-14(21)11-7-9(12(17)18)5-6-10(11)13(19)20/h5-7,22H,8H2,1-4H3,(H,17,18)(H,19,20). The van der Waals surface area contributed by atoms with Crippen molar-refractivity contribution in [1.82, 2.24) is 0 Å². The van der Waals surface area contributed by atoms with Gasteiger partial charge in [-0.1, -0.05) is 0 Å². The molecule has 0 heterocycles. The van der Waals surface area contributed by atoms with E-state index in [0.29, 0.717) is 0 Å². The van der Waals surface area contributed by atoms with Gasteiger partial charge in [0, 0.05) is 6.42 Å². The van der Waals surface area contributed by atoms with Crippen molar-refractivity contribution in [2.24, 2.45) is 0 Å². The highest BCUT2D eigenvalue weighted by Crippen LogP contribution is 2.25. The molecule has 0 aliphatic heterocycles. The number of carboxylic acids is 2. The van der Waals surface area contributed by atoms with Crippen LogP contribution in [-0.2, 0) is 4.74 Å². The molecule has 0 saturated carbocycles. The van der Waals surface area contributed by atoms with Crippen molar-refractivity contribution in [2.45, 2.75) is 45.3 Å². The van der Waals surface area contributed by atoms with Crippen molar-refractivity contribution in [3.05, 3.63) is 34.9 Å². The Hall–Kier alpha value is -2.41. The van der Waals surface area contributed by atoms with Gasteiger partial charge in [0.2, 0.25) is 0 Å². The highest BCUT2D eigenvalue weighted by atomic mass is 16.6. The van der Waals surface area contributed by atoms with Crippen molar-refractivity contribution in [2.75, 3.05) is 0 Å². The fourth-order valence-electron chi connectivity index (χ4n) is 2.42. The number of ether oxygens (including phenoxy) is 1. The molecule has 1 aromatic carbocycles. The molecule has 0 unspecified atom stereocenters. The Kier molecular flexibility index (Phi) is 5.17. The van der Waals surface area contributed by atoms with Crippen molar-refractivity contribution in [3.63, 3.8) is 0 Å². The average molecular weight is 324 g/mol. The van der Waals surface area contributed by atoms with Gasteiger partial charge in [-0.2, -0.15) is 0 Å². The molecule has 0 radical (unpaired) electrons. The molecule has 3 N–H and O–H groups in total. The maximum Gasteiger partial charge on any atom is 0.339 e. The first kappa shape index (κ1) is 18.6. The van der Waals surface area contributed by atoms with Crippen LogP contribution >= 0.6 is 0 Å².